The minimum atomic E-state index is -0.716. The number of carbonyl (C=O) groups is 2. The number of rotatable bonds is 17. The summed E-state index contributed by atoms with van der Waals surface area (Å²) in [5, 5.41) is 11.3. The largest absolute Gasteiger partial charge is 0.494 e. The highest BCUT2D eigenvalue weighted by atomic mass is 16.7. The first-order chi connectivity index (χ1) is 17.4. The van der Waals surface area contributed by atoms with Gasteiger partial charge in [-0.25, -0.2) is 14.9 Å². The van der Waals surface area contributed by atoms with Gasteiger partial charge in [0.15, 0.2) is 5.03 Å². The van der Waals surface area contributed by atoms with Gasteiger partial charge >= 0.3 is 11.9 Å². The standard InChI is InChI=1S/C28H36N2O6/c1-23(2)28(32)36-22-14-9-7-5-3-4-6-8-13-21-35-26-19-17-24(18-20-26)27(31)29(30(33)34)25-15-11-10-12-16-25/h10-12,15-20H,1,3-9,13-14,21-22H2,2H3. The maximum Gasteiger partial charge on any atom is 0.333 e. The quantitative estimate of drug-likeness (QED) is 0.0811. The Bertz CT molecular complexity index is 975. The molecule has 0 aliphatic carbocycles. The summed E-state index contributed by atoms with van der Waals surface area (Å²) in [7, 11) is 0. The first-order valence-corrected chi connectivity index (χ1v) is 12.5. The van der Waals surface area contributed by atoms with Crippen molar-refractivity contribution in [3.63, 3.8) is 0 Å². The van der Waals surface area contributed by atoms with Crippen LogP contribution in [0.2, 0.25) is 0 Å². The Balaban J connectivity index is 1.56. The summed E-state index contributed by atoms with van der Waals surface area (Å²) in [4.78, 5) is 35.3. The third-order valence-electron chi connectivity index (χ3n) is 5.60. The number of amides is 1. The van der Waals surface area contributed by atoms with Crippen LogP contribution < -0.4 is 9.75 Å². The highest BCUT2D eigenvalue weighted by molar-refractivity contribution is 6.04. The molecule has 0 saturated heterocycles. The summed E-state index contributed by atoms with van der Waals surface area (Å²) in [5.74, 6) is -0.384. The molecular weight excluding hydrogens is 460 g/mol. The van der Waals surface area contributed by atoms with E-state index in [0.29, 0.717) is 29.5 Å². The Hall–Kier alpha value is -3.68. The van der Waals surface area contributed by atoms with Crippen LogP contribution in [-0.2, 0) is 9.53 Å². The minimum absolute atomic E-state index is 0.203. The van der Waals surface area contributed by atoms with Gasteiger partial charge in [-0.05, 0) is 61.2 Å². The van der Waals surface area contributed by atoms with Gasteiger partial charge in [-0.3, -0.25) is 4.79 Å². The van der Waals surface area contributed by atoms with Crippen molar-refractivity contribution in [2.45, 2.75) is 64.7 Å². The molecule has 2 aromatic carbocycles. The second-order valence-corrected chi connectivity index (χ2v) is 8.66. The maximum absolute atomic E-state index is 12.6. The molecule has 0 atom stereocenters. The van der Waals surface area contributed by atoms with Gasteiger partial charge in [0.05, 0.1) is 13.2 Å². The van der Waals surface area contributed by atoms with E-state index in [1.54, 1.807) is 49.4 Å². The van der Waals surface area contributed by atoms with E-state index < -0.39 is 10.9 Å². The van der Waals surface area contributed by atoms with E-state index >= 15 is 0 Å². The summed E-state index contributed by atoms with van der Waals surface area (Å²) in [6, 6.07) is 14.5. The highest BCUT2D eigenvalue weighted by Gasteiger charge is 2.27. The van der Waals surface area contributed by atoms with Crippen molar-refractivity contribution >= 4 is 17.6 Å². The van der Waals surface area contributed by atoms with E-state index in [-0.39, 0.29) is 17.2 Å². The number of carbonyl (C=O) groups excluding carboxylic acids is 2. The van der Waals surface area contributed by atoms with Crippen molar-refractivity contribution in [3.8, 4) is 5.75 Å². The maximum atomic E-state index is 12.6. The predicted molar refractivity (Wildman–Crippen MR) is 140 cm³/mol. The summed E-state index contributed by atoms with van der Waals surface area (Å²) < 4.78 is 10.8. The molecule has 194 valence electrons. The summed E-state index contributed by atoms with van der Waals surface area (Å²) in [6.45, 7) is 6.26. The van der Waals surface area contributed by atoms with E-state index in [2.05, 4.69) is 6.58 Å². The van der Waals surface area contributed by atoms with Crippen LogP contribution in [0.4, 0.5) is 5.69 Å². The van der Waals surface area contributed by atoms with Crippen molar-refractivity contribution in [1.82, 2.24) is 0 Å². The van der Waals surface area contributed by atoms with Gasteiger partial charge in [-0.1, -0.05) is 69.7 Å². The molecule has 2 aromatic rings. The predicted octanol–water partition coefficient (Wildman–Crippen LogP) is 6.53. The first kappa shape index (κ1) is 28.6. The van der Waals surface area contributed by atoms with Crippen LogP contribution in [0.5, 0.6) is 5.75 Å². The molecule has 0 aromatic heterocycles. The van der Waals surface area contributed by atoms with Crippen molar-refractivity contribution in [3.05, 3.63) is 82.4 Å². The number of hydrogen-bond donors (Lipinski definition) is 0. The van der Waals surface area contributed by atoms with Crippen molar-refractivity contribution < 1.29 is 24.1 Å². The molecular formula is C28H36N2O6. The molecule has 0 spiro atoms. The molecule has 36 heavy (non-hydrogen) atoms. The van der Waals surface area contributed by atoms with Gasteiger partial charge in [0.25, 0.3) is 0 Å². The van der Waals surface area contributed by atoms with Crippen molar-refractivity contribution in [2.24, 2.45) is 0 Å². The molecule has 0 unspecified atom stereocenters. The number of hydrogen-bond acceptors (Lipinski definition) is 6. The van der Waals surface area contributed by atoms with Crippen LogP contribution in [0.15, 0.2) is 66.7 Å². The van der Waals surface area contributed by atoms with E-state index in [1.165, 1.54) is 31.4 Å². The fourth-order valence-electron chi connectivity index (χ4n) is 3.59. The lowest BCUT2D eigenvalue weighted by atomic mass is 10.1. The van der Waals surface area contributed by atoms with Gasteiger partial charge in [0, 0.05) is 11.1 Å². The van der Waals surface area contributed by atoms with Crippen LogP contribution in [0.25, 0.3) is 0 Å². The Kier molecular flexibility index (Phi) is 12.8. The molecule has 1 amide bonds. The lowest BCUT2D eigenvalue weighted by Crippen LogP contribution is -2.36. The molecule has 8 nitrogen and oxygen atoms in total. The Morgan fingerprint density at radius 3 is 1.89 bits per heavy atom. The van der Waals surface area contributed by atoms with Crippen LogP contribution >= 0.6 is 0 Å². The van der Waals surface area contributed by atoms with E-state index in [0.717, 1.165) is 38.5 Å². The van der Waals surface area contributed by atoms with E-state index in [4.69, 9.17) is 9.47 Å². The zero-order valence-corrected chi connectivity index (χ0v) is 21.0. The lowest BCUT2D eigenvalue weighted by Gasteiger charge is -2.12. The van der Waals surface area contributed by atoms with Gasteiger partial charge in [-0.2, -0.15) is 0 Å². The third kappa shape index (κ3) is 10.3. The van der Waals surface area contributed by atoms with E-state index in [1.807, 2.05) is 0 Å². The van der Waals surface area contributed by atoms with Crippen LogP contribution in [0.1, 0.15) is 75.1 Å². The number of ether oxygens (including phenoxy) is 2. The van der Waals surface area contributed by atoms with Gasteiger partial charge in [0.2, 0.25) is 0 Å². The second-order valence-electron chi connectivity index (χ2n) is 8.66. The number of para-hydroxylation sites is 1. The molecule has 0 fully saturated rings. The Morgan fingerprint density at radius 1 is 0.833 bits per heavy atom. The Morgan fingerprint density at radius 2 is 1.36 bits per heavy atom. The molecule has 0 saturated carbocycles. The summed E-state index contributed by atoms with van der Waals surface area (Å²) >= 11 is 0. The molecule has 0 heterocycles. The lowest BCUT2D eigenvalue weighted by molar-refractivity contribution is -0.481. The normalized spacial score (nSPS) is 10.5. The molecule has 0 radical (unpaired) electrons. The van der Waals surface area contributed by atoms with Gasteiger partial charge < -0.3 is 9.47 Å². The Labute approximate surface area is 213 Å². The van der Waals surface area contributed by atoms with Gasteiger partial charge in [-0.15, -0.1) is 0 Å². The number of anilines is 1. The molecule has 2 rings (SSSR count). The van der Waals surface area contributed by atoms with Crippen LogP contribution in [-0.4, -0.2) is 30.1 Å². The monoisotopic (exact) mass is 496 g/mol. The third-order valence-corrected chi connectivity index (χ3v) is 5.60. The topological polar surface area (TPSA) is 99.0 Å². The summed E-state index contributed by atoms with van der Waals surface area (Å²) in [5.41, 5.74) is 0.862. The zero-order chi connectivity index (χ0) is 26.2. The molecule has 0 aliphatic rings. The number of nitro groups is 1. The van der Waals surface area contributed by atoms with Crippen molar-refractivity contribution in [1.29, 1.82) is 0 Å². The second kappa shape index (κ2) is 16.1. The average Bonchev–Trinajstić information content (AvgIpc) is 2.87. The minimum Gasteiger partial charge on any atom is -0.494 e. The fourth-order valence-corrected chi connectivity index (χ4v) is 3.59. The molecule has 0 aliphatic heterocycles. The van der Waals surface area contributed by atoms with Crippen LogP contribution in [0, 0.1) is 10.1 Å². The number of esters is 1. The number of benzene rings is 2. The molecule has 8 heteroatoms. The van der Waals surface area contributed by atoms with Crippen LogP contribution in [0.3, 0.4) is 0 Å². The fraction of sp³-hybridized carbons (Fsp3) is 0.429. The van der Waals surface area contributed by atoms with Crippen molar-refractivity contribution in [2.75, 3.05) is 18.2 Å². The molecule has 0 bridgehead atoms. The average molecular weight is 497 g/mol. The first-order valence-electron chi connectivity index (χ1n) is 12.5. The smallest absolute Gasteiger partial charge is 0.333 e. The highest BCUT2D eigenvalue weighted by Crippen LogP contribution is 2.19. The SMILES string of the molecule is C=C(C)C(=O)OCCCCCCCCCCCOc1ccc(C(=O)N(c2ccccc2)[N+](=O)[O-])cc1. The summed E-state index contributed by atoms with van der Waals surface area (Å²) in [6.07, 6.45) is 9.88. The van der Waals surface area contributed by atoms with E-state index in [9.17, 15) is 19.7 Å². The number of hydrazine groups is 1. The molecule has 0 N–H and O–H groups in total. The number of nitrogens with zero attached hydrogens (tertiary/aromatic N) is 2. The number of unbranched alkanes of at least 4 members (excludes halogenated alkanes) is 8. The zero-order valence-electron chi connectivity index (χ0n) is 21.0. The van der Waals surface area contributed by atoms with Gasteiger partial charge in [0.1, 0.15) is 11.4 Å².